The molecular formula is C18H27NO3. The molecule has 0 aliphatic rings. The predicted molar refractivity (Wildman–Crippen MR) is 88.0 cm³/mol. The summed E-state index contributed by atoms with van der Waals surface area (Å²) in [4.78, 5) is 23.1. The Morgan fingerprint density at radius 3 is 2.45 bits per heavy atom. The summed E-state index contributed by atoms with van der Waals surface area (Å²) >= 11 is 0. The minimum absolute atomic E-state index is 0.0263. The van der Waals surface area contributed by atoms with Crippen LogP contribution in [0, 0.1) is 5.41 Å². The third-order valence-electron chi connectivity index (χ3n) is 3.60. The van der Waals surface area contributed by atoms with Crippen LogP contribution in [0.2, 0.25) is 0 Å². The molecule has 0 aliphatic heterocycles. The van der Waals surface area contributed by atoms with Gasteiger partial charge in [-0.2, -0.15) is 0 Å². The fourth-order valence-electron chi connectivity index (χ4n) is 2.26. The quantitative estimate of drug-likeness (QED) is 0.808. The second kappa shape index (κ2) is 7.97. The van der Waals surface area contributed by atoms with Gasteiger partial charge in [0.05, 0.1) is 5.56 Å². The molecule has 0 bridgehead atoms. The number of carboxylic acids is 1. The lowest BCUT2D eigenvalue weighted by Crippen LogP contribution is -2.33. The second-order valence-corrected chi connectivity index (χ2v) is 7.03. The van der Waals surface area contributed by atoms with Gasteiger partial charge in [-0.1, -0.05) is 39.0 Å². The van der Waals surface area contributed by atoms with Crippen molar-refractivity contribution in [3.8, 4) is 0 Å². The maximum absolute atomic E-state index is 12.0. The van der Waals surface area contributed by atoms with Crippen molar-refractivity contribution in [3.63, 3.8) is 0 Å². The van der Waals surface area contributed by atoms with E-state index in [1.165, 1.54) is 0 Å². The summed E-state index contributed by atoms with van der Waals surface area (Å²) in [6.45, 7) is 8.56. The van der Waals surface area contributed by atoms with Gasteiger partial charge < -0.3 is 10.4 Å². The average Bonchev–Trinajstić information content (AvgIpc) is 2.42. The summed E-state index contributed by atoms with van der Waals surface area (Å²) in [5.41, 5.74) is 1.24. The predicted octanol–water partition coefficient (Wildman–Crippen LogP) is 3.65. The van der Waals surface area contributed by atoms with Crippen molar-refractivity contribution in [2.45, 2.75) is 59.4 Å². The number of carbonyl (C=O) groups excluding carboxylic acids is 1. The highest BCUT2D eigenvalue weighted by atomic mass is 16.4. The number of benzene rings is 1. The minimum Gasteiger partial charge on any atom is -0.478 e. The molecule has 1 rings (SSSR count). The van der Waals surface area contributed by atoms with Crippen molar-refractivity contribution in [1.29, 1.82) is 0 Å². The van der Waals surface area contributed by atoms with Crippen LogP contribution in [0.3, 0.4) is 0 Å². The molecule has 0 fully saturated rings. The van der Waals surface area contributed by atoms with E-state index in [4.69, 9.17) is 5.11 Å². The van der Waals surface area contributed by atoms with Crippen molar-refractivity contribution >= 4 is 11.9 Å². The third kappa shape index (κ3) is 6.74. The fourth-order valence-corrected chi connectivity index (χ4v) is 2.26. The van der Waals surface area contributed by atoms with Crippen LogP contribution in [0.25, 0.3) is 0 Å². The maximum atomic E-state index is 12.0. The van der Waals surface area contributed by atoms with Crippen LogP contribution < -0.4 is 5.32 Å². The molecule has 4 heteroatoms. The van der Waals surface area contributed by atoms with E-state index in [2.05, 4.69) is 26.1 Å². The molecule has 2 N–H and O–H groups in total. The number of nitrogens with one attached hydrogen (secondary N) is 1. The van der Waals surface area contributed by atoms with Crippen LogP contribution in [-0.2, 0) is 11.2 Å². The number of aryl methyl sites for hydroxylation is 1. The molecule has 0 aromatic heterocycles. The molecule has 1 aromatic carbocycles. The van der Waals surface area contributed by atoms with E-state index < -0.39 is 5.97 Å². The van der Waals surface area contributed by atoms with E-state index in [1.807, 2.05) is 6.92 Å². The number of hydrogen-bond donors (Lipinski definition) is 2. The Morgan fingerprint density at radius 2 is 1.86 bits per heavy atom. The first-order chi connectivity index (χ1) is 10.2. The lowest BCUT2D eigenvalue weighted by Gasteiger charge is -2.21. The molecule has 0 heterocycles. The summed E-state index contributed by atoms with van der Waals surface area (Å²) in [5, 5.41) is 12.1. The third-order valence-corrected chi connectivity index (χ3v) is 3.60. The molecular weight excluding hydrogens is 278 g/mol. The minimum atomic E-state index is -0.949. The van der Waals surface area contributed by atoms with Gasteiger partial charge in [-0.25, -0.2) is 4.79 Å². The Bertz CT molecular complexity index is 517. The van der Waals surface area contributed by atoms with Crippen molar-refractivity contribution < 1.29 is 14.7 Å². The lowest BCUT2D eigenvalue weighted by molar-refractivity contribution is -0.121. The normalized spacial score (nSPS) is 12.7. The first-order valence-corrected chi connectivity index (χ1v) is 7.79. The Balaban J connectivity index is 2.45. The van der Waals surface area contributed by atoms with Crippen LogP contribution >= 0.6 is 0 Å². The molecule has 4 nitrogen and oxygen atoms in total. The molecule has 1 unspecified atom stereocenters. The molecule has 0 radical (unpaired) electrons. The smallest absolute Gasteiger partial charge is 0.335 e. The summed E-state index contributed by atoms with van der Waals surface area (Å²) in [6.07, 6.45) is 2.75. The Labute approximate surface area is 132 Å². The van der Waals surface area contributed by atoms with Gasteiger partial charge in [0.1, 0.15) is 0 Å². The van der Waals surface area contributed by atoms with Gasteiger partial charge in [-0.3, -0.25) is 4.79 Å². The molecule has 0 aliphatic carbocycles. The second-order valence-electron chi connectivity index (χ2n) is 7.03. The Hall–Kier alpha value is -1.84. The van der Waals surface area contributed by atoms with Gasteiger partial charge in [0.2, 0.25) is 5.91 Å². The summed E-state index contributed by atoms with van der Waals surface area (Å²) in [7, 11) is 0. The monoisotopic (exact) mass is 305 g/mol. The number of carbonyl (C=O) groups is 2. The number of carboxylic acid groups (broad SMARTS) is 1. The zero-order valence-electron chi connectivity index (χ0n) is 14.0. The highest BCUT2D eigenvalue weighted by Gasteiger charge is 2.15. The van der Waals surface area contributed by atoms with Crippen LogP contribution in [0.15, 0.2) is 24.3 Å². The molecule has 1 aromatic rings. The summed E-state index contributed by atoms with van der Waals surface area (Å²) in [5.74, 6) is -0.976. The molecule has 0 spiro atoms. The zero-order chi connectivity index (χ0) is 16.8. The van der Waals surface area contributed by atoms with E-state index in [-0.39, 0.29) is 22.9 Å². The fraction of sp³-hybridized carbons (Fsp3) is 0.556. The standard InChI is InChI=1S/C18H27NO3/c1-13(11-12-18(2,3)4)19-16(20)10-9-14-7-5-6-8-15(14)17(21)22/h5-8,13H,9-12H2,1-4H3,(H,19,20)(H,21,22). The molecule has 22 heavy (non-hydrogen) atoms. The first-order valence-electron chi connectivity index (χ1n) is 7.79. The van der Waals surface area contributed by atoms with Gasteiger partial charge in [0, 0.05) is 12.5 Å². The van der Waals surface area contributed by atoms with Gasteiger partial charge in [0.25, 0.3) is 0 Å². The molecule has 122 valence electrons. The van der Waals surface area contributed by atoms with E-state index in [0.717, 1.165) is 12.8 Å². The van der Waals surface area contributed by atoms with E-state index in [9.17, 15) is 9.59 Å². The Kier molecular flexibility index (Phi) is 6.60. The molecule has 0 saturated carbocycles. The number of rotatable bonds is 7. The largest absolute Gasteiger partial charge is 0.478 e. The van der Waals surface area contributed by atoms with Crippen LogP contribution in [0.1, 0.15) is 62.9 Å². The van der Waals surface area contributed by atoms with E-state index >= 15 is 0 Å². The van der Waals surface area contributed by atoms with Crippen LogP contribution in [0.5, 0.6) is 0 Å². The van der Waals surface area contributed by atoms with Gasteiger partial charge in [0.15, 0.2) is 0 Å². The average molecular weight is 305 g/mol. The van der Waals surface area contributed by atoms with Crippen molar-refractivity contribution in [2.24, 2.45) is 5.41 Å². The van der Waals surface area contributed by atoms with Crippen LogP contribution in [-0.4, -0.2) is 23.0 Å². The lowest BCUT2D eigenvalue weighted by atomic mass is 9.89. The van der Waals surface area contributed by atoms with E-state index in [0.29, 0.717) is 18.4 Å². The SMILES string of the molecule is CC(CCC(C)(C)C)NC(=O)CCc1ccccc1C(=O)O. The Morgan fingerprint density at radius 1 is 1.23 bits per heavy atom. The summed E-state index contributed by atoms with van der Waals surface area (Å²) < 4.78 is 0. The number of amides is 1. The molecule has 1 amide bonds. The number of hydrogen-bond acceptors (Lipinski definition) is 2. The van der Waals surface area contributed by atoms with E-state index in [1.54, 1.807) is 24.3 Å². The summed E-state index contributed by atoms with van der Waals surface area (Å²) in [6, 6.07) is 6.97. The van der Waals surface area contributed by atoms with Crippen molar-refractivity contribution in [2.75, 3.05) is 0 Å². The van der Waals surface area contributed by atoms with Gasteiger partial charge in [-0.15, -0.1) is 0 Å². The van der Waals surface area contributed by atoms with Crippen molar-refractivity contribution in [3.05, 3.63) is 35.4 Å². The highest BCUT2D eigenvalue weighted by molar-refractivity contribution is 5.89. The topological polar surface area (TPSA) is 66.4 Å². The number of aromatic carboxylic acids is 1. The first kappa shape index (κ1) is 18.2. The van der Waals surface area contributed by atoms with Crippen molar-refractivity contribution in [1.82, 2.24) is 5.32 Å². The van der Waals surface area contributed by atoms with Crippen LogP contribution in [0.4, 0.5) is 0 Å². The van der Waals surface area contributed by atoms with Gasteiger partial charge in [-0.05, 0) is 43.2 Å². The molecule has 1 atom stereocenters. The van der Waals surface area contributed by atoms with Gasteiger partial charge >= 0.3 is 5.97 Å². The zero-order valence-corrected chi connectivity index (χ0v) is 14.0. The highest BCUT2D eigenvalue weighted by Crippen LogP contribution is 2.21. The molecule has 0 saturated heterocycles. The maximum Gasteiger partial charge on any atom is 0.335 e.